The van der Waals surface area contributed by atoms with Crippen molar-refractivity contribution < 1.29 is 4.74 Å². The van der Waals surface area contributed by atoms with Gasteiger partial charge in [-0.25, -0.2) is 0 Å². The largest absolute Gasteiger partial charge is 0.492 e. The van der Waals surface area contributed by atoms with Crippen LogP contribution in [0.25, 0.3) is 22.2 Å². The van der Waals surface area contributed by atoms with Crippen LogP contribution in [0, 0.1) is 0 Å². The van der Waals surface area contributed by atoms with Crippen molar-refractivity contribution in [3.63, 3.8) is 0 Å². The third-order valence-corrected chi connectivity index (χ3v) is 5.34. The fourth-order valence-corrected chi connectivity index (χ4v) is 3.43. The maximum atomic E-state index is 6.44. The first-order valence-corrected chi connectivity index (χ1v) is 10.6. The van der Waals surface area contributed by atoms with Crippen molar-refractivity contribution >= 4 is 22.7 Å². The summed E-state index contributed by atoms with van der Waals surface area (Å²) in [5, 5.41) is 0.740. The zero-order valence-corrected chi connectivity index (χ0v) is 17.9. The molecule has 0 aliphatic carbocycles. The molecule has 0 bridgehead atoms. The molecule has 0 spiro atoms. The topological polar surface area (TPSA) is 12.5 Å². The van der Waals surface area contributed by atoms with Gasteiger partial charge < -0.3 is 9.64 Å². The summed E-state index contributed by atoms with van der Waals surface area (Å²) < 4.78 is 5.87. The van der Waals surface area contributed by atoms with Crippen LogP contribution in [0.3, 0.4) is 0 Å². The Kier molecular flexibility index (Phi) is 7.92. The van der Waals surface area contributed by atoms with Crippen LogP contribution in [0.5, 0.6) is 5.75 Å². The van der Waals surface area contributed by atoms with Crippen LogP contribution < -0.4 is 4.74 Å². The Morgan fingerprint density at radius 1 is 0.828 bits per heavy atom. The molecule has 3 aromatic rings. The molecule has 0 N–H and O–H groups in total. The molecule has 3 heteroatoms. The van der Waals surface area contributed by atoms with Gasteiger partial charge >= 0.3 is 0 Å². The van der Waals surface area contributed by atoms with E-state index in [1.165, 1.54) is 11.1 Å². The molecular weight excluding hydrogens is 378 g/mol. The summed E-state index contributed by atoms with van der Waals surface area (Å²) in [4.78, 5) is 2.36. The third-order valence-electron chi connectivity index (χ3n) is 5.01. The van der Waals surface area contributed by atoms with E-state index in [1.807, 2.05) is 48.5 Å². The fourth-order valence-electron chi connectivity index (χ4n) is 3.17. The highest BCUT2D eigenvalue weighted by molar-refractivity contribution is 6.51. The van der Waals surface area contributed by atoms with E-state index in [-0.39, 0.29) is 0 Å². The summed E-state index contributed by atoms with van der Waals surface area (Å²) in [6.45, 7) is 8.13. The van der Waals surface area contributed by atoms with Crippen molar-refractivity contribution in [2.75, 3.05) is 26.2 Å². The van der Waals surface area contributed by atoms with Gasteiger partial charge in [0, 0.05) is 11.6 Å². The summed E-state index contributed by atoms with van der Waals surface area (Å²) in [5.41, 5.74) is 4.45. The van der Waals surface area contributed by atoms with Crippen molar-refractivity contribution in [1.82, 2.24) is 4.90 Å². The van der Waals surface area contributed by atoms with E-state index >= 15 is 0 Å². The summed E-state index contributed by atoms with van der Waals surface area (Å²) in [6, 6.07) is 26.7. The Labute approximate surface area is 179 Å². The van der Waals surface area contributed by atoms with Gasteiger partial charge in [-0.15, -0.1) is 0 Å². The van der Waals surface area contributed by atoms with Crippen LogP contribution in [0.4, 0.5) is 0 Å². The van der Waals surface area contributed by atoms with Gasteiger partial charge in [-0.2, -0.15) is 0 Å². The Hall–Kier alpha value is -2.55. The molecule has 2 nitrogen and oxygen atoms in total. The molecule has 0 fully saturated rings. The highest BCUT2D eigenvalue weighted by atomic mass is 35.5. The van der Waals surface area contributed by atoms with Gasteiger partial charge in [0.05, 0.1) is 0 Å². The van der Waals surface area contributed by atoms with Crippen LogP contribution in [-0.4, -0.2) is 31.1 Å². The van der Waals surface area contributed by atoms with Crippen molar-refractivity contribution in [2.24, 2.45) is 0 Å². The van der Waals surface area contributed by atoms with Crippen LogP contribution >= 0.6 is 11.6 Å². The SMILES string of the molecule is CCN(CC)CCOc1ccc(-c2ccc(C=C(Cl)c3ccccc3)cc2)cc1. The number of nitrogens with zero attached hydrogens (tertiary/aromatic N) is 1. The molecule has 0 saturated carbocycles. The minimum atomic E-state index is 0.713. The molecule has 0 aromatic heterocycles. The highest BCUT2D eigenvalue weighted by Gasteiger charge is 2.02. The van der Waals surface area contributed by atoms with Crippen LogP contribution in [0.15, 0.2) is 78.9 Å². The third kappa shape index (κ3) is 6.22. The van der Waals surface area contributed by atoms with Gasteiger partial charge in [-0.3, -0.25) is 0 Å². The molecule has 3 rings (SSSR count). The van der Waals surface area contributed by atoms with Crippen LogP contribution in [-0.2, 0) is 0 Å². The molecular formula is C26H28ClNO. The minimum absolute atomic E-state index is 0.713. The average Bonchev–Trinajstić information content (AvgIpc) is 2.78. The summed E-state index contributed by atoms with van der Waals surface area (Å²) >= 11 is 6.44. The summed E-state index contributed by atoms with van der Waals surface area (Å²) in [5.74, 6) is 0.912. The maximum absolute atomic E-state index is 6.44. The molecule has 0 atom stereocenters. The van der Waals surface area contributed by atoms with Gasteiger partial charge in [0.25, 0.3) is 0 Å². The van der Waals surface area contributed by atoms with Gasteiger partial charge in [-0.1, -0.05) is 92.2 Å². The molecule has 0 heterocycles. The zero-order valence-electron chi connectivity index (χ0n) is 17.1. The molecule has 0 aliphatic rings. The predicted molar refractivity (Wildman–Crippen MR) is 125 cm³/mol. The standard InChI is InChI=1S/C26H28ClNO/c1-3-28(4-2)18-19-29-25-16-14-23(15-17-25)22-12-10-21(11-13-22)20-26(27)24-8-6-5-7-9-24/h5-17,20H,3-4,18-19H2,1-2H3. The lowest BCUT2D eigenvalue weighted by Gasteiger charge is -2.18. The van der Waals surface area contributed by atoms with E-state index in [1.54, 1.807) is 0 Å². The number of benzene rings is 3. The summed E-state index contributed by atoms with van der Waals surface area (Å²) in [6.07, 6.45) is 1.99. The Bertz CT molecular complexity index is 898. The Morgan fingerprint density at radius 2 is 1.41 bits per heavy atom. The first kappa shape index (κ1) is 21.2. The second-order valence-corrected chi connectivity index (χ2v) is 7.29. The van der Waals surface area contributed by atoms with Crippen molar-refractivity contribution in [2.45, 2.75) is 13.8 Å². The number of halogens is 1. The first-order valence-electron chi connectivity index (χ1n) is 10.2. The van der Waals surface area contributed by atoms with Crippen molar-refractivity contribution in [1.29, 1.82) is 0 Å². The lowest BCUT2D eigenvalue weighted by atomic mass is 10.0. The smallest absolute Gasteiger partial charge is 0.119 e. The molecule has 0 unspecified atom stereocenters. The van der Waals surface area contributed by atoms with Crippen molar-refractivity contribution in [3.05, 3.63) is 90.0 Å². The predicted octanol–water partition coefficient (Wildman–Crippen LogP) is 6.81. The maximum Gasteiger partial charge on any atom is 0.119 e. The molecule has 0 radical (unpaired) electrons. The van der Waals surface area contributed by atoms with E-state index in [9.17, 15) is 0 Å². The number of rotatable bonds is 9. The monoisotopic (exact) mass is 405 g/mol. The van der Waals surface area contributed by atoms with Crippen LogP contribution in [0.2, 0.25) is 0 Å². The van der Waals surface area contributed by atoms with Gasteiger partial charge in [0.15, 0.2) is 0 Å². The van der Waals surface area contributed by atoms with Crippen molar-refractivity contribution in [3.8, 4) is 16.9 Å². The van der Waals surface area contributed by atoms with E-state index < -0.39 is 0 Å². The lowest BCUT2D eigenvalue weighted by Crippen LogP contribution is -2.27. The number of hydrogen-bond donors (Lipinski definition) is 0. The second-order valence-electron chi connectivity index (χ2n) is 6.88. The molecule has 0 amide bonds. The highest BCUT2D eigenvalue weighted by Crippen LogP contribution is 2.25. The molecule has 0 saturated heterocycles. The zero-order chi connectivity index (χ0) is 20.5. The average molecular weight is 406 g/mol. The molecule has 3 aromatic carbocycles. The molecule has 0 aliphatic heterocycles. The number of ether oxygens (including phenoxy) is 1. The lowest BCUT2D eigenvalue weighted by molar-refractivity contribution is 0.223. The quantitative estimate of drug-likeness (QED) is 0.362. The minimum Gasteiger partial charge on any atom is -0.492 e. The summed E-state index contributed by atoms with van der Waals surface area (Å²) in [7, 11) is 0. The van der Waals surface area contributed by atoms with E-state index in [0.717, 1.165) is 41.5 Å². The van der Waals surface area contributed by atoms with Gasteiger partial charge in [-0.05, 0) is 53.6 Å². The first-order chi connectivity index (χ1) is 14.2. The van der Waals surface area contributed by atoms with E-state index in [4.69, 9.17) is 16.3 Å². The normalized spacial score (nSPS) is 11.7. The van der Waals surface area contributed by atoms with E-state index in [2.05, 4.69) is 55.1 Å². The molecule has 150 valence electrons. The Balaban J connectivity index is 1.61. The molecule has 29 heavy (non-hydrogen) atoms. The van der Waals surface area contributed by atoms with Gasteiger partial charge in [0.1, 0.15) is 12.4 Å². The number of hydrogen-bond acceptors (Lipinski definition) is 2. The van der Waals surface area contributed by atoms with Gasteiger partial charge in [0.2, 0.25) is 0 Å². The van der Waals surface area contributed by atoms with E-state index in [0.29, 0.717) is 6.61 Å². The van der Waals surface area contributed by atoms with Crippen LogP contribution in [0.1, 0.15) is 25.0 Å². The Morgan fingerprint density at radius 3 is 2.00 bits per heavy atom. The second kappa shape index (κ2) is 10.8. The number of likely N-dealkylation sites (N-methyl/N-ethyl adjacent to an activating group) is 1. The fraction of sp³-hybridized carbons (Fsp3) is 0.231.